The SMILES string of the molecule is CC=C[C@H](CC(=O)O)c1ccc(OCc2ccc3c(COC)nn(CC(C)C)c3c2C)cc1. The zero-order valence-corrected chi connectivity index (χ0v) is 20.2. The molecule has 3 aromatic rings. The molecule has 0 amide bonds. The van der Waals surface area contributed by atoms with Gasteiger partial charge in [-0.1, -0.05) is 50.3 Å². The molecule has 6 heteroatoms. The van der Waals surface area contributed by atoms with Crippen LogP contribution in [0.25, 0.3) is 10.9 Å². The Kier molecular flexibility index (Phi) is 8.28. The van der Waals surface area contributed by atoms with Crippen LogP contribution in [0.5, 0.6) is 5.75 Å². The maximum Gasteiger partial charge on any atom is 0.304 e. The molecule has 0 spiro atoms. The number of nitrogens with zero attached hydrogens (tertiary/aromatic N) is 2. The minimum Gasteiger partial charge on any atom is -0.489 e. The summed E-state index contributed by atoms with van der Waals surface area (Å²) in [6.45, 7) is 10.2. The van der Waals surface area contributed by atoms with Crippen molar-refractivity contribution in [3.8, 4) is 5.75 Å². The lowest BCUT2D eigenvalue weighted by molar-refractivity contribution is -0.137. The van der Waals surface area contributed by atoms with E-state index in [9.17, 15) is 4.79 Å². The summed E-state index contributed by atoms with van der Waals surface area (Å²) < 4.78 is 13.5. The molecule has 3 rings (SSSR count). The number of benzene rings is 2. The lowest BCUT2D eigenvalue weighted by Gasteiger charge is -2.14. The van der Waals surface area contributed by atoms with E-state index in [2.05, 4.69) is 37.6 Å². The van der Waals surface area contributed by atoms with Crippen molar-refractivity contribution in [2.24, 2.45) is 5.92 Å². The fourth-order valence-corrected chi connectivity index (χ4v) is 4.12. The van der Waals surface area contributed by atoms with Crippen LogP contribution in [-0.2, 0) is 29.3 Å². The summed E-state index contributed by atoms with van der Waals surface area (Å²) in [4.78, 5) is 11.2. The van der Waals surface area contributed by atoms with Crippen LogP contribution in [0.1, 0.15) is 55.5 Å². The van der Waals surface area contributed by atoms with Crippen molar-refractivity contribution in [2.75, 3.05) is 7.11 Å². The highest BCUT2D eigenvalue weighted by Gasteiger charge is 2.16. The van der Waals surface area contributed by atoms with Crippen LogP contribution < -0.4 is 4.74 Å². The molecule has 0 bridgehead atoms. The number of carboxylic acids is 1. The van der Waals surface area contributed by atoms with Crippen LogP contribution in [0.3, 0.4) is 0 Å². The minimum absolute atomic E-state index is 0.0683. The number of carbonyl (C=O) groups is 1. The molecule has 0 aliphatic heterocycles. The molecule has 6 nitrogen and oxygen atoms in total. The first kappa shape index (κ1) is 24.5. The van der Waals surface area contributed by atoms with Crippen molar-refractivity contribution in [1.29, 1.82) is 0 Å². The van der Waals surface area contributed by atoms with Crippen molar-refractivity contribution >= 4 is 16.9 Å². The molecule has 0 aliphatic carbocycles. The van der Waals surface area contributed by atoms with E-state index in [1.165, 1.54) is 0 Å². The highest BCUT2D eigenvalue weighted by atomic mass is 16.5. The zero-order chi connectivity index (χ0) is 24.0. The van der Waals surface area contributed by atoms with Crippen molar-refractivity contribution in [3.05, 3.63) is 70.9 Å². The number of allylic oxidation sites excluding steroid dienone is 2. The monoisotopic (exact) mass is 450 g/mol. The zero-order valence-electron chi connectivity index (χ0n) is 20.2. The number of aromatic nitrogens is 2. The van der Waals surface area contributed by atoms with Gasteiger partial charge in [0.1, 0.15) is 12.4 Å². The van der Waals surface area contributed by atoms with Crippen LogP contribution in [0.2, 0.25) is 0 Å². The summed E-state index contributed by atoms with van der Waals surface area (Å²) in [5, 5.41) is 15.1. The van der Waals surface area contributed by atoms with Gasteiger partial charge in [-0.25, -0.2) is 0 Å². The van der Waals surface area contributed by atoms with Gasteiger partial charge in [0, 0.05) is 25.0 Å². The van der Waals surface area contributed by atoms with Gasteiger partial charge < -0.3 is 14.6 Å². The predicted molar refractivity (Wildman–Crippen MR) is 131 cm³/mol. The summed E-state index contributed by atoms with van der Waals surface area (Å²) >= 11 is 0. The largest absolute Gasteiger partial charge is 0.489 e. The molecule has 1 heterocycles. The van der Waals surface area contributed by atoms with E-state index in [0.29, 0.717) is 19.1 Å². The van der Waals surface area contributed by atoms with Crippen molar-refractivity contribution < 1.29 is 19.4 Å². The average molecular weight is 451 g/mol. The fourth-order valence-electron chi connectivity index (χ4n) is 4.12. The Labute approximate surface area is 195 Å². The smallest absolute Gasteiger partial charge is 0.304 e. The van der Waals surface area contributed by atoms with Crippen LogP contribution in [0, 0.1) is 12.8 Å². The Bertz CT molecular complexity index is 1110. The van der Waals surface area contributed by atoms with E-state index in [-0.39, 0.29) is 12.3 Å². The molecule has 0 unspecified atom stereocenters. The second kappa shape index (κ2) is 11.1. The van der Waals surface area contributed by atoms with Gasteiger partial charge in [-0.3, -0.25) is 9.48 Å². The van der Waals surface area contributed by atoms with Gasteiger partial charge in [0.2, 0.25) is 0 Å². The lowest BCUT2D eigenvalue weighted by atomic mass is 9.95. The first-order chi connectivity index (χ1) is 15.8. The fraction of sp³-hybridized carbons (Fsp3) is 0.407. The second-order valence-electron chi connectivity index (χ2n) is 8.79. The van der Waals surface area contributed by atoms with Gasteiger partial charge in [-0.05, 0) is 48.6 Å². The van der Waals surface area contributed by atoms with Crippen LogP contribution in [0.15, 0.2) is 48.6 Å². The number of hydrogen-bond acceptors (Lipinski definition) is 4. The molecule has 0 saturated carbocycles. The molecule has 0 saturated heterocycles. The second-order valence-corrected chi connectivity index (χ2v) is 8.79. The van der Waals surface area contributed by atoms with E-state index in [1.54, 1.807) is 7.11 Å². The molecule has 0 aliphatic rings. The van der Waals surface area contributed by atoms with Crippen molar-refractivity contribution in [1.82, 2.24) is 9.78 Å². The molecule has 1 aromatic heterocycles. The molecule has 33 heavy (non-hydrogen) atoms. The minimum atomic E-state index is -0.811. The number of fused-ring (bicyclic) bond motifs is 1. The molecule has 2 aromatic carbocycles. The average Bonchev–Trinajstić information content (AvgIpc) is 3.10. The third-order valence-corrected chi connectivity index (χ3v) is 5.69. The van der Waals surface area contributed by atoms with Crippen molar-refractivity contribution in [3.63, 3.8) is 0 Å². The van der Waals surface area contributed by atoms with Gasteiger partial charge in [-0.15, -0.1) is 0 Å². The van der Waals surface area contributed by atoms with Gasteiger partial charge in [0.15, 0.2) is 0 Å². The van der Waals surface area contributed by atoms with E-state index < -0.39 is 5.97 Å². The van der Waals surface area contributed by atoms with Crippen molar-refractivity contribution in [2.45, 2.75) is 59.8 Å². The highest BCUT2D eigenvalue weighted by Crippen LogP contribution is 2.28. The number of aryl methyl sites for hydroxylation is 1. The van der Waals surface area contributed by atoms with E-state index in [1.807, 2.05) is 43.3 Å². The Morgan fingerprint density at radius 1 is 1.15 bits per heavy atom. The number of aliphatic carboxylic acids is 1. The quantitative estimate of drug-likeness (QED) is 0.370. The van der Waals surface area contributed by atoms with E-state index >= 15 is 0 Å². The van der Waals surface area contributed by atoms with Gasteiger partial charge in [-0.2, -0.15) is 5.10 Å². The van der Waals surface area contributed by atoms with Gasteiger partial charge in [0.05, 0.1) is 24.2 Å². The number of carboxylic acid groups (broad SMARTS) is 1. The first-order valence-corrected chi connectivity index (χ1v) is 11.4. The Morgan fingerprint density at radius 2 is 1.88 bits per heavy atom. The van der Waals surface area contributed by atoms with E-state index in [0.717, 1.165) is 45.6 Å². The Hall–Kier alpha value is -3.12. The van der Waals surface area contributed by atoms with Crippen LogP contribution in [0.4, 0.5) is 0 Å². The topological polar surface area (TPSA) is 73.6 Å². The van der Waals surface area contributed by atoms with Crippen LogP contribution in [-0.4, -0.2) is 28.0 Å². The van der Waals surface area contributed by atoms with E-state index in [4.69, 9.17) is 19.7 Å². The maximum absolute atomic E-state index is 11.2. The highest BCUT2D eigenvalue weighted by molar-refractivity contribution is 5.86. The number of methoxy groups -OCH3 is 1. The standard InChI is InChI=1S/C27H34N2O4/c1-6-7-21(14-26(30)31)20-8-11-23(12-9-20)33-16-22-10-13-24-25(17-32-5)28-29(15-18(2)3)27(24)19(22)4/h6-13,18,21H,14-17H2,1-5H3,(H,30,31)/t21-/m1/s1. The molecule has 0 radical (unpaired) electrons. The Balaban J connectivity index is 1.81. The molecule has 1 N–H and O–H groups in total. The molecular formula is C27H34N2O4. The third-order valence-electron chi connectivity index (χ3n) is 5.69. The summed E-state index contributed by atoms with van der Waals surface area (Å²) in [6.07, 6.45) is 3.87. The molecule has 0 fully saturated rings. The number of hydrogen-bond donors (Lipinski definition) is 1. The number of rotatable bonds is 11. The maximum atomic E-state index is 11.2. The molecule has 1 atom stereocenters. The Morgan fingerprint density at radius 3 is 2.48 bits per heavy atom. The summed E-state index contributed by atoms with van der Waals surface area (Å²) in [6, 6.07) is 11.9. The van der Waals surface area contributed by atoms with Crippen LogP contribution >= 0.6 is 0 Å². The number of ether oxygens (including phenoxy) is 2. The molecular weight excluding hydrogens is 416 g/mol. The summed E-state index contributed by atoms with van der Waals surface area (Å²) in [7, 11) is 1.69. The predicted octanol–water partition coefficient (Wildman–Crippen LogP) is 5.86. The molecule has 176 valence electrons. The first-order valence-electron chi connectivity index (χ1n) is 11.4. The third kappa shape index (κ3) is 6.02. The lowest BCUT2D eigenvalue weighted by Crippen LogP contribution is -2.08. The normalized spacial score (nSPS) is 12.7. The summed E-state index contributed by atoms with van der Waals surface area (Å²) in [5.74, 6) is 0.279. The van der Waals surface area contributed by atoms with Gasteiger partial charge in [0.25, 0.3) is 0 Å². The summed E-state index contributed by atoms with van der Waals surface area (Å²) in [5.41, 5.74) is 5.32. The van der Waals surface area contributed by atoms with Gasteiger partial charge >= 0.3 is 5.97 Å².